The molecule has 22 heavy (non-hydrogen) atoms. The molecule has 0 amide bonds. The average molecular weight is 322 g/mol. The summed E-state index contributed by atoms with van der Waals surface area (Å²) in [6, 6.07) is 7.70. The number of nitrogens with zero attached hydrogens (tertiary/aromatic N) is 3. The van der Waals surface area contributed by atoms with E-state index < -0.39 is 10.2 Å². The van der Waals surface area contributed by atoms with Crippen molar-refractivity contribution in [3.05, 3.63) is 30.1 Å². The minimum Gasteiger partial charge on any atom is -0.341 e. The smallest absolute Gasteiger partial charge is 0.282 e. The zero-order chi connectivity index (χ0) is 15.7. The van der Waals surface area contributed by atoms with Crippen LogP contribution in [0.4, 0.5) is 0 Å². The Labute approximate surface area is 131 Å². The van der Waals surface area contributed by atoms with Crippen LogP contribution < -0.4 is 0 Å². The van der Waals surface area contributed by atoms with E-state index in [1.807, 2.05) is 24.3 Å². The van der Waals surface area contributed by atoms with Crippen LogP contribution in [0.3, 0.4) is 0 Å². The van der Waals surface area contributed by atoms with Crippen LogP contribution in [-0.4, -0.2) is 47.1 Å². The summed E-state index contributed by atoms with van der Waals surface area (Å²) in [5.41, 5.74) is 1.78. The largest absolute Gasteiger partial charge is 0.341 e. The second-order valence-corrected chi connectivity index (χ2v) is 8.11. The lowest BCUT2D eigenvalue weighted by Gasteiger charge is -2.32. The highest BCUT2D eigenvalue weighted by Crippen LogP contribution is 2.21. The molecule has 1 aliphatic heterocycles. The van der Waals surface area contributed by atoms with E-state index in [1.165, 1.54) is 4.31 Å². The van der Waals surface area contributed by atoms with Crippen LogP contribution in [0.1, 0.15) is 25.6 Å². The molecule has 2 aromatic rings. The molecule has 0 saturated carbocycles. The van der Waals surface area contributed by atoms with Gasteiger partial charge in [-0.15, -0.1) is 0 Å². The van der Waals surface area contributed by atoms with E-state index in [0.29, 0.717) is 24.8 Å². The fourth-order valence-corrected chi connectivity index (χ4v) is 4.41. The zero-order valence-electron chi connectivity index (χ0n) is 13.0. The molecule has 0 aliphatic carbocycles. The molecular formula is C15H22N4O2S. The van der Waals surface area contributed by atoms with Crippen molar-refractivity contribution in [3.8, 4) is 0 Å². The van der Waals surface area contributed by atoms with Crippen LogP contribution in [0, 0.1) is 5.92 Å². The first-order chi connectivity index (χ1) is 10.5. The number of aromatic amines is 1. The average Bonchev–Trinajstić information content (AvgIpc) is 2.89. The van der Waals surface area contributed by atoms with Crippen LogP contribution in [0.15, 0.2) is 24.3 Å². The second-order valence-electron chi connectivity index (χ2n) is 6.07. The number of nitrogens with one attached hydrogen (secondary N) is 1. The Kier molecular flexibility index (Phi) is 4.20. The summed E-state index contributed by atoms with van der Waals surface area (Å²) in [6.07, 6.45) is 2.03. The lowest BCUT2D eigenvalue weighted by Crippen LogP contribution is -2.46. The Morgan fingerprint density at radius 3 is 2.91 bits per heavy atom. The Morgan fingerprint density at radius 2 is 2.18 bits per heavy atom. The normalized spacial score (nSPS) is 20.8. The second kappa shape index (κ2) is 5.98. The van der Waals surface area contributed by atoms with Gasteiger partial charge in [-0.1, -0.05) is 19.1 Å². The van der Waals surface area contributed by atoms with E-state index in [4.69, 9.17) is 0 Å². The third kappa shape index (κ3) is 3.02. The molecule has 2 heterocycles. The van der Waals surface area contributed by atoms with E-state index in [0.717, 1.165) is 23.9 Å². The van der Waals surface area contributed by atoms with E-state index in [2.05, 4.69) is 16.9 Å². The van der Waals surface area contributed by atoms with E-state index in [9.17, 15) is 8.42 Å². The predicted octanol–water partition coefficient (Wildman–Crippen LogP) is 1.97. The third-order valence-electron chi connectivity index (χ3n) is 4.15. The summed E-state index contributed by atoms with van der Waals surface area (Å²) in [5, 5.41) is 0. The third-order valence-corrected chi connectivity index (χ3v) is 6.05. The molecule has 120 valence electrons. The maximum absolute atomic E-state index is 12.7. The Hall–Kier alpha value is -1.44. The summed E-state index contributed by atoms with van der Waals surface area (Å²) in [5.74, 6) is 1.08. The van der Waals surface area contributed by atoms with Crippen molar-refractivity contribution in [3.63, 3.8) is 0 Å². The number of benzene rings is 1. The van der Waals surface area contributed by atoms with Gasteiger partial charge < -0.3 is 4.98 Å². The molecule has 3 rings (SSSR count). The van der Waals surface area contributed by atoms with Crippen molar-refractivity contribution in [1.29, 1.82) is 0 Å². The fourth-order valence-electron chi connectivity index (χ4n) is 2.93. The molecule has 1 aromatic heterocycles. The number of hydrogen-bond acceptors (Lipinski definition) is 3. The van der Waals surface area contributed by atoms with Crippen molar-refractivity contribution in [1.82, 2.24) is 18.6 Å². The summed E-state index contributed by atoms with van der Waals surface area (Å²) < 4.78 is 28.3. The number of hydrogen-bond donors (Lipinski definition) is 1. The molecule has 1 aromatic carbocycles. The minimum atomic E-state index is -3.42. The van der Waals surface area contributed by atoms with E-state index >= 15 is 0 Å². The van der Waals surface area contributed by atoms with Crippen molar-refractivity contribution >= 4 is 21.2 Å². The maximum atomic E-state index is 12.7. The highest BCUT2D eigenvalue weighted by molar-refractivity contribution is 7.86. The van der Waals surface area contributed by atoms with Gasteiger partial charge >= 0.3 is 0 Å². The molecule has 1 aliphatic rings. The highest BCUT2D eigenvalue weighted by Gasteiger charge is 2.30. The summed E-state index contributed by atoms with van der Waals surface area (Å²) in [7, 11) is -1.81. The van der Waals surface area contributed by atoms with Crippen molar-refractivity contribution in [2.75, 3.05) is 20.1 Å². The number of fused-ring (bicyclic) bond motifs is 1. The maximum Gasteiger partial charge on any atom is 0.282 e. The minimum absolute atomic E-state index is 0.252. The first kappa shape index (κ1) is 15.5. The molecule has 1 fully saturated rings. The Balaban J connectivity index is 1.76. The van der Waals surface area contributed by atoms with Crippen molar-refractivity contribution in [2.45, 2.75) is 26.3 Å². The van der Waals surface area contributed by atoms with Gasteiger partial charge in [-0.05, 0) is 30.9 Å². The summed E-state index contributed by atoms with van der Waals surface area (Å²) in [6.45, 7) is 3.56. The topological polar surface area (TPSA) is 69.3 Å². The van der Waals surface area contributed by atoms with Crippen LogP contribution in [0.2, 0.25) is 0 Å². The quantitative estimate of drug-likeness (QED) is 0.935. The molecule has 0 spiro atoms. The van der Waals surface area contributed by atoms with Gasteiger partial charge in [-0.2, -0.15) is 17.0 Å². The predicted molar refractivity (Wildman–Crippen MR) is 86.5 cm³/mol. The van der Waals surface area contributed by atoms with Gasteiger partial charge in [0.25, 0.3) is 10.2 Å². The van der Waals surface area contributed by atoms with E-state index in [-0.39, 0.29) is 6.54 Å². The van der Waals surface area contributed by atoms with Crippen molar-refractivity contribution in [2.24, 2.45) is 5.92 Å². The van der Waals surface area contributed by atoms with Gasteiger partial charge in [0.2, 0.25) is 0 Å². The van der Waals surface area contributed by atoms with Crippen molar-refractivity contribution < 1.29 is 8.42 Å². The Bertz CT molecular complexity index is 723. The number of piperidine rings is 1. The van der Waals surface area contributed by atoms with Crippen LogP contribution in [0.25, 0.3) is 11.0 Å². The number of rotatable bonds is 4. The van der Waals surface area contributed by atoms with Gasteiger partial charge in [-0.3, -0.25) is 0 Å². The first-order valence-corrected chi connectivity index (χ1v) is 9.01. The van der Waals surface area contributed by atoms with Gasteiger partial charge in [0.15, 0.2) is 0 Å². The SMILES string of the molecule is C[C@@H]1CCCN(S(=O)(=O)N(C)Cc2nc3ccccc3[nH]2)C1. The van der Waals surface area contributed by atoms with Gasteiger partial charge in [-0.25, -0.2) is 4.98 Å². The molecular weight excluding hydrogens is 300 g/mol. The monoisotopic (exact) mass is 322 g/mol. The molecule has 0 bridgehead atoms. The molecule has 1 atom stereocenters. The fraction of sp³-hybridized carbons (Fsp3) is 0.533. The Morgan fingerprint density at radius 1 is 1.41 bits per heavy atom. The lowest BCUT2D eigenvalue weighted by atomic mass is 10.0. The first-order valence-electron chi connectivity index (χ1n) is 7.62. The summed E-state index contributed by atoms with van der Waals surface area (Å²) in [4.78, 5) is 7.62. The van der Waals surface area contributed by atoms with Crippen LogP contribution in [0.5, 0.6) is 0 Å². The van der Waals surface area contributed by atoms with Gasteiger partial charge in [0.1, 0.15) is 5.82 Å². The molecule has 1 saturated heterocycles. The van der Waals surface area contributed by atoms with Gasteiger partial charge in [0.05, 0.1) is 17.6 Å². The molecule has 6 nitrogen and oxygen atoms in total. The number of H-pyrrole nitrogens is 1. The number of imidazole rings is 1. The highest BCUT2D eigenvalue weighted by atomic mass is 32.2. The van der Waals surface area contributed by atoms with E-state index in [1.54, 1.807) is 11.4 Å². The molecule has 0 unspecified atom stereocenters. The molecule has 1 N–H and O–H groups in total. The molecule has 7 heteroatoms. The van der Waals surface area contributed by atoms with Gasteiger partial charge in [0, 0.05) is 20.1 Å². The molecule has 0 radical (unpaired) electrons. The summed E-state index contributed by atoms with van der Waals surface area (Å²) >= 11 is 0. The number of para-hydroxylation sites is 2. The zero-order valence-corrected chi connectivity index (χ0v) is 13.8. The lowest BCUT2D eigenvalue weighted by molar-refractivity contribution is 0.262. The standard InChI is InChI=1S/C15H22N4O2S/c1-12-6-5-9-19(10-12)22(20,21)18(2)11-15-16-13-7-3-4-8-14(13)17-15/h3-4,7-8,12H,5-6,9-11H2,1-2H3,(H,16,17)/t12-/m1/s1. The van der Waals surface area contributed by atoms with Crippen LogP contribution in [-0.2, 0) is 16.8 Å². The van der Waals surface area contributed by atoms with Crippen LogP contribution >= 0.6 is 0 Å². The number of aromatic nitrogens is 2.